The summed E-state index contributed by atoms with van der Waals surface area (Å²) in [5.74, 6) is -8.33. The van der Waals surface area contributed by atoms with Crippen molar-refractivity contribution < 1.29 is 58.1 Å². The Bertz CT molecular complexity index is 1770. The van der Waals surface area contributed by atoms with Crippen LogP contribution in [0.2, 0.25) is 0 Å². The quantitative estimate of drug-likeness (QED) is 0.0703. The number of pyridine rings is 1. The molecule has 0 aromatic carbocycles. The van der Waals surface area contributed by atoms with Crippen molar-refractivity contribution in [3.8, 4) is 0 Å². The standard InChI is InChI=1S/C39H54N6O12S/c1-21(2)9-11-27(36(53)44-28(17-34(49)50)31(47)20-57-39(56)32-12-10-23(5)58-32)43-33(48)16-26(14-22(3)4)42-37(54)30(18-35(51)52)45-38(55)29(41-24(6)46)15-25-8-7-13-40-19-25/h7-8,10,12-13,19,21-22,26-30H,9,11,14-18,20H2,1-6H3,(H,41,46)(H,42,54)(H,43,48)(H,44,53)(H,45,55)(H,49,50)(H,51,52)/t26-,27-,28-,29-,30-/m0/s1. The van der Waals surface area contributed by atoms with Gasteiger partial charge in [-0.3, -0.25) is 43.3 Å². The van der Waals surface area contributed by atoms with E-state index in [1.165, 1.54) is 25.4 Å². The molecule has 0 bridgehead atoms. The lowest BCUT2D eigenvalue weighted by atomic mass is 9.98. The molecule has 5 amide bonds. The lowest BCUT2D eigenvalue weighted by Gasteiger charge is -2.26. The average molecular weight is 831 g/mol. The summed E-state index contributed by atoms with van der Waals surface area (Å²) in [6, 6.07) is 0.00969. The van der Waals surface area contributed by atoms with Crippen LogP contribution < -0.4 is 26.6 Å². The summed E-state index contributed by atoms with van der Waals surface area (Å²) in [4.78, 5) is 120. The normalized spacial score (nSPS) is 13.6. The number of nitrogens with zero attached hydrogens (tertiary/aromatic N) is 1. The Kier molecular flexibility index (Phi) is 20.2. The molecule has 5 atom stereocenters. The number of aromatic nitrogens is 1. The molecule has 0 unspecified atom stereocenters. The number of nitrogens with one attached hydrogen (secondary N) is 5. The van der Waals surface area contributed by atoms with Gasteiger partial charge in [-0.25, -0.2) is 4.79 Å². The van der Waals surface area contributed by atoms with Gasteiger partial charge in [0.05, 0.1) is 12.8 Å². The number of ether oxygens (including phenoxy) is 1. The third-order valence-electron chi connectivity index (χ3n) is 8.46. The van der Waals surface area contributed by atoms with E-state index >= 15 is 0 Å². The third kappa shape index (κ3) is 18.5. The van der Waals surface area contributed by atoms with E-state index in [0.29, 0.717) is 12.0 Å². The van der Waals surface area contributed by atoms with Crippen molar-refractivity contribution in [1.82, 2.24) is 31.6 Å². The third-order valence-corrected chi connectivity index (χ3v) is 9.44. The number of hydrogen-bond acceptors (Lipinski definition) is 12. The van der Waals surface area contributed by atoms with E-state index in [0.717, 1.165) is 16.2 Å². The van der Waals surface area contributed by atoms with Crippen LogP contribution in [0.15, 0.2) is 36.7 Å². The first-order chi connectivity index (χ1) is 27.2. The number of carboxylic acid groups (broad SMARTS) is 2. The van der Waals surface area contributed by atoms with Crippen molar-refractivity contribution in [1.29, 1.82) is 0 Å². The molecule has 7 N–H and O–H groups in total. The highest BCUT2D eigenvalue weighted by Crippen LogP contribution is 2.17. The number of aliphatic carboxylic acids is 2. The highest BCUT2D eigenvalue weighted by atomic mass is 32.1. The molecule has 2 heterocycles. The zero-order valence-corrected chi connectivity index (χ0v) is 34.3. The van der Waals surface area contributed by atoms with Gasteiger partial charge in [-0.05, 0) is 61.8 Å². The molecule has 0 aliphatic heterocycles. The highest BCUT2D eigenvalue weighted by molar-refractivity contribution is 7.13. The van der Waals surface area contributed by atoms with Crippen LogP contribution >= 0.6 is 11.3 Å². The second-order valence-corrected chi connectivity index (χ2v) is 16.0. The maximum atomic E-state index is 13.6. The van der Waals surface area contributed by atoms with E-state index in [-0.39, 0.29) is 42.4 Å². The van der Waals surface area contributed by atoms with Crippen LogP contribution in [0.25, 0.3) is 0 Å². The van der Waals surface area contributed by atoms with Gasteiger partial charge in [0.25, 0.3) is 0 Å². The first kappa shape index (κ1) is 48.4. The van der Waals surface area contributed by atoms with Crippen molar-refractivity contribution >= 4 is 64.6 Å². The summed E-state index contributed by atoms with van der Waals surface area (Å²) < 4.78 is 5.07. The fourth-order valence-corrected chi connectivity index (χ4v) is 6.48. The minimum atomic E-state index is -1.60. The predicted octanol–water partition coefficient (Wildman–Crippen LogP) is 1.69. The number of carbonyl (C=O) groups is 9. The second-order valence-electron chi connectivity index (χ2n) is 14.7. The Morgan fingerprint density at radius 2 is 1.34 bits per heavy atom. The molecule has 0 aliphatic carbocycles. The number of rotatable bonds is 25. The molecule has 2 rings (SSSR count). The lowest BCUT2D eigenvalue weighted by molar-refractivity contribution is -0.141. The Morgan fingerprint density at radius 3 is 1.90 bits per heavy atom. The first-order valence-electron chi connectivity index (χ1n) is 18.8. The first-order valence-corrected chi connectivity index (χ1v) is 19.6. The van der Waals surface area contributed by atoms with Crippen LogP contribution in [0, 0.1) is 18.8 Å². The van der Waals surface area contributed by atoms with Crippen LogP contribution in [-0.4, -0.2) is 105 Å². The van der Waals surface area contributed by atoms with Gasteiger partial charge in [0, 0.05) is 43.1 Å². The molecule has 0 saturated carbocycles. The van der Waals surface area contributed by atoms with Crippen LogP contribution in [0.5, 0.6) is 0 Å². The molecule has 0 aliphatic rings. The molecule has 2 aromatic heterocycles. The summed E-state index contributed by atoms with van der Waals surface area (Å²) in [6.45, 7) is 9.57. The maximum Gasteiger partial charge on any atom is 0.348 e. The van der Waals surface area contributed by atoms with Gasteiger partial charge in [0.15, 0.2) is 12.4 Å². The molecule has 2 aromatic rings. The van der Waals surface area contributed by atoms with E-state index < -0.39 is 103 Å². The van der Waals surface area contributed by atoms with Crippen molar-refractivity contribution in [2.45, 2.75) is 117 Å². The second kappa shape index (κ2) is 24.1. The highest BCUT2D eigenvalue weighted by Gasteiger charge is 2.32. The number of ketones is 1. The SMILES string of the molecule is CC(=O)N[C@@H](Cc1cccnc1)C(=O)N[C@@H](CC(=O)O)C(=O)N[C@H](CC(=O)N[C@@H](CCC(C)C)C(=O)N[C@@H](CC(=O)O)C(=O)COC(=O)c1ccc(C)s1)CC(C)C. The zero-order valence-electron chi connectivity index (χ0n) is 33.5. The summed E-state index contributed by atoms with van der Waals surface area (Å²) >= 11 is 1.15. The van der Waals surface area contributed by atoms with Crippen molar-refractivity contribution in [2.75, 3.05) is 6.61 Å². The molecule has 0 fully saturated rings. The molecule has 19 heteroatoms. The summed E-state index contributed by atoms with van der Waals surface area (Å²) in [5.41, 5.74) is 0.591. The fourth-order valence-electron chi connectivity index (χ4n) is 5.72. The van der Waals surface area contributed by atoms with Gasteiger partial charge in [-0.15, -0.1) is 11.3 Å². The van der Waals surface area contributed by atoms with E-state index in [1.54, 1.807) is 25.1 Å². The summed E-state index contributed by atoms with van der Waals surface area (Å²) in [6.07, 6.45) is 1.75. The number of amides is 5. The van der Waals surface area contributed by atoms with Crippen molar-refractivity contribution in [3.05, 3.63) is 52.0 Å². The Morgan fingerprint density at radius 1 is 0.724 bits per heavy atom. The monoisotopic (exact) mass is 830 g/mol. The number of carbonyl (C=O) groups excluding carboxylic acids is 7. The van der Waals surface area contributed by atoms with Crippen molar-refractivity contribution in [3.63, 3.8) is 0 Å². The Balaban J connectivity index is 2.21. The number of thiophene rings is 1. The number of aryl methyl sites for hydroxylation is 1. The molecule has 58 heavy (non-hydrogen) atoms. The number of Topliss-reactive ketones (excluding diaryl/α,β-unsaturated/α-hetero) is 1. The van der Waals surface area contributed by atoms with Gasteiger partial charge in [0.2, 0.25) is 29.5 Å². The van der Waals surface area contributed by atoms with Gasteiger partial charge < -0.3 is 41.5 Å². The predicted molar refractivity (Wildman–Crippen MR) is 210 cm³/mol. The number of hydrogen-bond donors (Lipinski definition) is 7. The Hall–Kier alpha value is -5.72. The molecule has 0 radical (unpaired) electrons. The smallest absolute Gasteiger partial charge is 0.348 e. The number of esters is 1. The van der Waals surface area contributed by atoms with Crippen molar-refractivity contribution in [2.24, 2.45) is 11.8 Å². The molecule has 0 saturated heterocycles. The van der Waals surface area contributed by atoms with E-state index in [1.807, 2.05) is 27.7 Å². The van der Waals surface area contributed by atoms with E-state index in [9.17, 15) is 53.4 Å². The van der Waals surface area contributed by atoms with Gasteiger partial charge in [-0.2, -0.15) is 0 Å². The number of carboxylic acids is 2. The average Bonchev–Trinajstić information content (AvgIpc) is 3.56. The fraction of sp³-hybridized carbons (Fsp3) is 0.538. The molecule has 318 valence electrons. The largest absolute Gasteiger partial charge is 0.481 e. The minimum absolute atomic E-state index is 0.00361. The minimum Gasteiger partial charge on any atom is -0.481 e. The molecular weight excluding hydrogens is 777 g/mol. The van der Waals surface area contributed by atoms with Gasteiger partial charge in [0.1, 0.15) is 29.0 Å². The topological polar surface area (TPSA) is 276 Å². The lowest BCUT2D eigenvalue weighted by Crippen LogP contribution is -2.56. The van der Waals surface area contributed by atoms with E-state index in [4.69, 9.17) is 4.74 Å². The van der Waals surface area contributed by atoms with Crippen LogP contribution in [-0.2, 0) is 49.5 Å². The van der Waals surface area contributed by atoms with Gasteiger partial charge >= 0.3 is 17.9 Å². The van der Waals surface area contributed by atoms with Crippen LogP contribution in [0.4, 0.5) is 0 Å². The van der Waals surface area contributed by atoms with Crippen LogP contribution in [0.1, 0.15) is 93.3 Å². The zero-order chi connectivity index (χ0) is 43.5. The molecular formula is C39H54N6O12S. The Labute approximate surface area is 340 Å². The maximum absolute atomic E-state index is 13.6. The molecule has 18 nitrogen and oxygen atoms in total. The summed E-state index contributed by atoms with van der Waals surface area (Å²) in [7, 11) is 0. The van der Waals surface area contributed by atoms with Gasteiger partial charge in [-0.1, -0.05) is 33.8 Å². The molecule has 0 spiro atoms. The van der Waals surface area contributed by atoms with E-state index in [2.05, 4.69) is 31.6 Å². The summed E-state index contributed by atoms with van der Waals surface area (Å²) in [5, 5.41) is 31.6. The van der Waals surface area contributed by atoms with Crippen LogP contribution in [0.3, 0.4) is 0 Å².